The van der Waals surface area contributed by atoms with Crippen molar-refractivity contribution in [1.29, 1.82) is 0 Å². The van der Waals surface area contributed by atoms with E-state index in [0.717, 1.165) is 13.0 Å². The molecule has 6 heteroatoms. The number of aromatic amines is 1. The molecule has 1 aromatic rings. The smallest absolute Gasteiger partial charge is 0.295 e. The first-order valence-corrected chi connectivity index (χ1v) is 6.08. The highest BCUT2D eigenvalue weighted by Gasteiger charge is 2.07. The number of aromatic nitrogens is 2. The predicted octanol–water partition coefficient (Wildman–Crippen LogP) is 1.25. The van der Waals surface area contributed by atoms with Gasteiger partial charge in [0.05, 0.1) is 20.0 Å². The molecule has 0 saturated carbocycles. The summed E-state index contributed by atoms with van der Waals surface area (Å²) in [6.45, 7) is 6.23. The van der Waals surface area contributed by atoms with E-state index in [4.69, 9.17) is 9.47 Å². The summed E-state index contributed by atoms with van der Waals surface area (Å²) in [5.74, 6) is 1.28. The van der Waals surface area contributed by atoms with E-state index in [-0.39, 0.29) is 11.3 Å². The van der Waals surface area contributed by atoms with Gasteiger partial charge in [0.25, 0.3) is 5.56 Å². The lowest BCUT2D eigenvalue weighted by Crippen LogP contribution is -2.17. The Balaban J connectivity index is 2.31. The first-order valence-electron chi connectivity index (χ1n) is 6.08. The maximum absolute atomic E-state index is 11.4. The lowest BCUT2D eigenvalue weighted by atomic mass is 10.1. The lowest BCUT2D eigenvalue weighted by molar-refractivity contribution is 0.132. The third-order valence-electron chi connectivity index (χ3n) is 2.39. The molecule has 1 aromatic heterocycles. The van der Waals surface area contributed by atoms with Gasteiger partial charge in [-0.05, 0) is 12.3 Å². The molecule has 0 bridgehead atoms. The van der Waals surface area contributed by atoms with E-state index < -0.39 is 0 Å². The SMILES string of the molecule is COc1c(NCCOCCC(C)C)nc[nH]c1=O. The van der Waals surface area contributed by atoms with E-state index in [1.54, 1.807) is 0 Å². The van der Waals surface area contributed by atoms with Crippen molar-refractivity contribution in [2.75, 3.05) is 32.2 Å². The normalized spacial score (nSPS) is 10.7. The molecular weight excluding hydrogens is 234 g/mol. The standard InChI is InChI=1S/C12H21N3O3/c1-9(2)4-6-18-7-5-13-11-10(17-3)12(16)15-8-14-11/h8-9H,4-7H2,1-3H3,(H2,13,14,15,16). The fourth-order valence-corrected chi connectivity index (χ4v) is 1.37. The maximum Gasteiger partial charge on any atom is 0.295 e. The topological polar surface area (TPSA) is 76.2 Å². The minimum absolute atomic E-state index is 0.194. The fourth-order valence-electron chi connectivity index (χ4n) is 1.37. The molecule has 0 aliphatic rings. The summed E-state index contributed by atoms with van der Waals surface area (Å²) in [5.41, 5.74) is -0.296. The molecule has 1 rings (SSSR count). The van der Waals surface area contributed by atoms with Crippen LogP contribution in [0.15, 0.2) is 11.1 Å². The van der Waals surface area contributed by atoms with Crippen LogP contribution in [0.4, 0.5) is 5.82 Å². The highest BCUT2D eigenvalue weighted by atomic mass is 16.5. The molecule has 0 fully saturated rings. The second-order valence-corrected chi connectivity index (χ2v) is 4.34. The fraction of sp³-hybridized carbons (Fsp3) is 0.667. The zero-order valence-corrected chi connectivity index (χ0v) is 11.2. The molecule has 0 atom stereocenters. The summed E-state index contributed by atoms with van der Waals surface area (Å²) in [6, 6.07) is 0. The second kappa shape index (κ2) is 7.71. The monoisotopic (exact) mass is 255 g/mol. The first kappa shape index (κ1) is 14.5. The molecule has 0 aromatic carbocycles. The Bertz CT molecular complexity index is 404. The summed E-state index contributed by atoms with van der Waals surface area (Å²) in [6.07, 6.45) is 2.39. The average molecular weight is 255 g/mol. The number of rotatable bonds is 8. The van der Waals surface area contributed by atoms with Crippen LogP contribution in [0.25, 0.3) is 0 Å². The van der Waals surface area contributed by atoms with E-state index in [1.807, 2.05) is 0 Å². The minimum atomic E-state index is -0.296. The Morgan fingerprint density at radius 3 is 2.89 bits per heavy atom. The quantitative estimate of drug-likeness (QED) is 0.684. The summed E-state index contributed by atoms with van der Waals surface area (Å²) < 4.78 is 10.4. The lowest BCUT2D eigenvalue weighted by Gasteiger charge is -2.09. The van der Waals surface area contributed by atoms with Gasteiger partial charge in [-0.1, -0.05) is 13.8 Å². The molecule has 18 heavy (non-hydrogen) atoms. The van der Waals surface area contributed by atoms with Gasteiger partial charge in [0.15, 0.2) is 5.82 Å². The zero-order valence-electron chi connectivity index (χ0n) is 11.2. The Hall–Kier alpha value is -1.56. The zero-order chi connectivity index (χ0) is 13.4. The van der Waals surface area contributed by atoms with Crippen LogP contribution < -0.4 is 15.6 Å². The molecular formula is C12H21N3O3. The largest absolute Gasteiger partial charge is 0.489 e. The average Bonchev–Trinajstić information content (AvgIpc) is 2.33. The van der Waals surface area contributed by atoms with Crippen LogP contribution in [0.2, 0.25) is 0 Å². The van der Waals surface area contributed by atoms with Crippen LogP contribution in [-0.2, 0) is 4.74 Å². The Morgan fingerprint density at radius 2 is 2.22 bits per heavy atom. The molecule has 0 aliphatic heterocycles. The van der Waals surface area contributed by atoms with Gasteiger partial charge in [-0.25, -0.2) is 4.98 Å². The van der Waals surface area contributed by atoms with Crippen LogP contribution in [-0.4, -0.2) is 36.8 Å². The Morgan fingerprint density at radius 1 is 1.44 bits per heavy atom. The number of hydrogen-bond acceptors (Lipinski definition) is 5. The van der Waals surface area contributed by atoms with Gasteiger partial charge in [0.2, 0.25) is 5.75 Å². The van der Waals surface area contributed by atoms with Gasteiger partial charge in [0.1, 0.15) is 0 Å². The second-order valence-electron chi connectivity index (χ2n) is 4.34. The molecule has 2 N–H and O–H groups in total. The van der Waals surface area contributed by atoms with E-state index in [9.17, 15) is 4.79 Å². The molecule has 0 unspecified atom stereocenters. The van der Waals surface area contributed by atoms with Gasteiger partial charge in [-0.3, -0.25) is 4.79 Å². The summed E-state index contributed by atoms with van der Waals surface area (Å²) in [4.78, 5) is 17.9. The molecule has 0 radical (unpaired) electrons. The number of H-pyrrole nitrogens is 1. The van der Waals surface area contributed by atoms with Crippen LogP contribution in [0.5, 0.6) is 5.75 Å². The molecule has 102 valence electrons. The van der Waals surface area contributed by atoms with Crippen LogP contribution in [0.3, 0.4) is 0 Å². The molecule has 0 aliphatic carbocycles. The molecule has 6 nitrogen and oxygen atoms in total. The summed E-state index contributed by atoms with van der Waals surface area (Å²) in [5, 5.41) is 3.01. The van der Waals surface area contributed by atoms with E-state index >= 15 is 0 Å². The molecule has 1 heterocycles. The van der Waals surface area contributed by atoms with Gasteiger partial charge in [0, 0.05) is 13.2 Å². The minimum Gasteiger partial charge on any atom is -0.489 e. The highest BCUT2D eigenvalue weighted by Crippen LogP contribution is 2.13. The third kappa shape index (κ3) is 4.75. The molecule has 0 amide bonds. The van der Waals surface area contributed by atoms with Crippen molar-refractivity contribution in [1.82, 2.24) is 9.97 Å². The van der Waals surface area contributed by atoms with E-state index in [1.165, 1.54) is 13.4 Å². The van der Waals surface area contributed by atoms with Crippen molar-refractivity contribution >= 4 is 5.82 Å². The van der Waals surface area contributed by atoms with Gasteiger partial charge >= 0.3 is 0 Å². The van der Waals surface area contributed by atoms with E-state index in [2.05, 4.69) is 29.1 Å². The van der Waals surface area contributed by atoms with Gasteiger partial charge < -0.3 is 19.8 Å². The Labute approximate surface area is 107 Å². The summed E-state index contributed by atoms with van der Waals surface area (Å²) in [7, 11) is 1.44. The number of nitrogens with zero attached hydrogens (tertiary/aromatic N) is 1. The van der Waals surface area contributed by atoms with Crippen molar-refractivity contribution in [2.45, 2.75) is 20.3 Å². The number of nitrogens with one attached hydrogen (secondary N) is 2. The number of anilines is 1. The van der Waals surface area contributed by atoms with Crippen LogP contribution in [0, 0.1) is 5.92 Å². The third-order valence-corrected chi connectivity index (χ3v) is 2.39. The summed E-state index contributed by atoms with van der Waals surface area (Å²) >= 11 is 0. The number of methoxy groups -OCH3 is 1. The highest BCUT2D eigenvalue weighted by molar-refractivity contribution is 5.47. The van der Waals surface area contributed by atoms with Crippen molar-refractivity contribution in [3.8, 4) is 5.75 Å². The van der Waals surface area contributed by atoms with Gasteiger partial charge in [-0.15, -0.1) is 0 Å². The van der Waals surface area contributed by atoms with Crippen molar-refractivity contribution < 1.29 is 9.47 Å². The maximum atomic E-state index is 11.4. The molecule has 0 saturated heterocycles. The van der Waals surface area contributed by atoms with Crippen molar-refractivity contribution in [3.63, 3.8) is 0 Å². The molecule has 0 spiro atoms. The number of ether oxygens (including phenoxy) is 2. The number of hydrogen-bond donors (Lipinski definition) is 2. The van der Waals surface area contributed by atoms with Gasteiger partial charge in [-0.2, -0.15) is 0 Å². The Kier molecular flexibility index (Phi) is 6.21. The predicted molar refractivity (Wildman–Crippen MR) is 70.2 cm³/mol. The van der Waals surface area contributed by atoms with Crippen molar-refractivity contribution in [2.24, 2.45) is 5.92 Å². The van der Waals surface area contributed by atoms with E-state index in [0.29, 0.717) is 24.9 Å². The first-order chi connectivity index (χ1) is 8.65. The van der Waals surface area contributed by atoms with Crippen LogP contribution >= 0.6 is 0 Å². The van der Waals surface area contributed by atoms with Crippen LogP contribution in [0.1, 0.15) is 20.3 Å². The van der Waals surface area contributed by atoms with Crippen molar-refractivity contribution in [3.05, 3.63) is 16.7 Å².